The summed E-state index contributed by atoms with van der Waals surface area (Å²) < 4.78 is 12.3. The Morgan fingerprint density at radius 1 is 1.00 bits per heavy atom. The number of phenolic OH excluding ortho intramolecular Hbond substituents is 1. The highest BCUT2D eigenvalue weighted by molar-refractivity contribution is 6.33. The first-order valence-electron chi connectivity index (χ1n) is 14.5. The van der Waals surface area contributed by atoms with Gasteiger partial charge in [0, 0.05) is 44.4 Å². The number of rotatable bonds is 11. The number of halogens is 1. The second-order valence-corrected chi connectivity index (χ2v) is 11.6. The second kappa shape index (κ2) is 13.3. The van der Waals surface area contributed by atoms with Crippen molar-refractivity contribution in [2.24, 2.45) is 0 Å². The molecule has 224 valence electrons. The SMILES string of the molecule is Cc1c(COc2cc(O)c3c(c2Cl)CCN(CC(=O)O)C3)cccc1-c1cccc(OCCCN2CC[C@H](O)C2)c1C. The zero-order chi connectivity index (χ0) is 29.8. The smallest absolute Gasteiger partial charge is 0.317 e. The summed E-state index contributed by atoms with van der Waals surface area (Å²) in [7, 11) is 0. The number of aliphatic hydroxyl groups excluding tert-OH is 1. The highest BCUT2D eigenvalue weighted by Crippen LogP contribution is 2.40. The van der Waals surface area contributed by atoms with Crippen molar-refractivity contribution in [1.82, 2.24) is 9.80 Å². The van der Waals surface area contributed by atoms with Gasteiger partial charge in [-0.2, -0.15) is 0 Å². The van der Waals surface area contributed by atoms with E-state index in [0.717, 1.165) is 71.6 Å². The number of phenols is 1. The van der Waals surface area contributed by atoms with E-state index in [0.29, 0.717) is 42.5 Å². The number of carbonyl (C=O) groups is 1. The van der Waals surface area contributed by atoms with E-state index in [1.807, 2.05) is 24.3 Å². The Morgan fingerprint density at radius 3 is 2.50 bits per heavy atom. The standard InChI is InChI=1S/C33H39ClN2O6/c1-21-23(20-42-31-16-29(38)28-18-36(19-32(39)40)14-11-27(28)33(31)34)6-3-7-25(21)26-8-4-9-30(22(26)2)41-15-5-12-35-13-10-24(37)17-35/h3-4,6-9,16,24,37-38H,5,10-15,17-20H2,1-2H3,(H,39,40)/t24-/m0/s1. The van der Waals surface area contributed by atoms with Crippen LogP contribution in [0.1, 0.15) is 40.7 Å². The molecule has 5 rings (SSSR count). The molecule has 1 saturated heterocycles. The van der Waals surface area contributed by atoms with Gasteiger partial charge in [0.05, 0.1) is 24.3 Å². The van der Waals surface area contributed by atoms with E-state index in [1.165, 1.54) is 6.07 Å². The van der Waals surface area contributed by atoms with Gasteiger partial charge in [-0.15, -0.1) is 0 Å². The number of nitrogens with zero attached hydrogens (tertiary/aromatic N) is 2. The summed E-state index contributed by atoms with van der Waals surface area (Å²) in [5.74, 6) is 0.453. The highest BCUT2D eigenvalue weighted by Gasteiger charge is 2.25. The number of benzene rings is 3. The average molecular weight is 595 g/mol. The van der Waals surface area contributed by atoms with Crippen molar-refractivity contribution in [1.29, 1.82) is 0 Å². The number of hydrogen-bond donors (Lipinski definition) is 3. The fraction of sp³-hybridized carbons (Fsp3) is 0.424. The molecule has 0 radical (unpaired) electrons. The van der Waals surface area contributed by atoms with Crippen LogP contribution in [0, 0.1) is 13.8 Å². The van der Waals surface area contributed by atoms with Crippen molar-refractivity contribution >= 4 is 17.6 Å². The predicted molar refractivity (Wildman–Crippen MR) is 163 cm³/mol. The van der Waals surface area contributed by atoms with Gasteiger partial charge in [0.25, 0.3) is 0 Å². The number of hydrogen-bond acceptors (Lipinski definition) is 7. The number of likely N-dealkylation sites (tertiary alicyclic amines) is 1. The maximum atomic E-state index is 11.1. The molecule has 2 aliphatic rings. The first kappa shape index (κ1) is 30.2. The summed E-state index contributed by atoms with van der Waals surface area (Å²) in [5.41, 5.74) is 6.84. The summed E-state index contributed by atoms with van der Waals surface area (Å²) >= 11 is 6.72. The van der Waals surface area contributed by atoms with Crippen molar-refractivity contribution in [3.63, 3.8) is 0 Å². The zero-order valence-electron chi connectivity index (χ0n) is 24.2. The lowest BCUT2D eigenvalue weighted by atomic mass is 9.93. The molecule has 2 heterocycles. The van der Waals surface area contributed by atoms with Crippen LogP contribution in [0.15, 0.2) is 42.5 Å². The molecule has 2 aliphatic heterocycles. The molecule has 8 nitrogen and oxygen atoms in total. The third kappa shape index (κ3) is 6.84. The average Bonchev–Trinajstić information content (AvgIpc) is 3.38. The van der Waals surface area contributed by atoms with Gasteiger partial charge in [-0.3, -0.25) is 9.69 Å². The predicted octanol–water partition coefficient (Wildman–Crippen LogP) is 5.19. The molecule has 0 amide bonds. The van der Waals surface area contributed by atoms with E-state index in [-0.39, 0.29) is 25.0 Å². The van der Waals surface area contributed by atoms with Crippen LogP contribution < -0.4 is 9.47 Å². The van der Waals surface area contributed by atoms with Crippen LogP contribution in [-0.4, -0.2) is 76.5 Å². The first-order valence-corrected chi connectivity index (χ1v) is 14.9. The summed E-state index contributed by atoms with van der Waals surface area (Å²) in [6.45, 7) is 8.48. The minimum atomic E-state index is -0.897. The minimum Gasteiger partial charge on any atom is -0.507 e. The number of carboxylic acid groups (broad SMARTS) is 1. The van der Waals surface area contributed by atoms with Gasteiger partial charge >= 0.3 is 5.97 Å². The van der Waals surface area contributed by atoms with Crippen LogP contribution in [0.5, 0.6) is 17.2 Å². The van der Waals surface area contributed by atoms with E-state index < -0.39 is 5.97 Å². The van der Waals surface area contributed by atoms with Gasteiger partial charge < -0.3 is 29.7 Å². The number of aliphatic hydroxyl groups is 1. The van der Waals surface area contributed by atoms with Crippen LogP contribution in [0.4, 0.5) is 0 Å². The van der Waals surface area contributed by atoms with Gasteiger partial charge in [0.1, 0.15) is 23.9 Å². The number of fused-ring (bicyclic) bond motifs is 1. The van der Waals surface area contributed by atoms with E-state index in [2.05, 4.69) is 30.9 Å². The molecule has 3 aromatic rings. The molecule has 0 saturated carbocycles. The lowest BCUT2D eigenvalue weighted by Gasteiger charge is -2.29. The molecule has 0 aromatic heterocycles. The molecule has 1 fully saturated rings. The summed E-state index contributed by atoms with van der Waals surface area (Å²) in [6, 6.07) is 13.8. The minimum absolute atomic E-state index is 0.0652. The molecular weight excluding hydrogens is 556 g/mol. The molecule has 1 atom stereocenters. The van der Waals surface area contributed by atoms with E-state index >= 15 is 0 Å². The summed E-state index contributed by atoms with van der Waals surface area (Å²) in [6.07, 6.45) is 2.10. The largest absolute Gasteiger partial charge is 0.507 e. The topological polar surface area (TPSA) is 103 Å². The van der Waals surface area contributed by atoms with Crippen LogP contribution in [0.25, 0.3) is 11.1 Å². The molecule has 0 spiro atoms. The van der Waals surface area contributed by atoms with Crippen molar-refractivity contribution in [3.05, 3.63) is 75.3 Å². The molecule has 9 heteroatoms. The monoisotopic (exact) mass is 594 g/mol. The van der Waals surface area contributed by atoms with Crippen molar-refractivity contribution in [3.8, 4) is 28.4 Å². The number of β-amino-alcohol motifs (C(OH)–C–C–N with tert-alkyl or cyclic N) is 1. The van der Waals surface area contributed by atoms with Crippen molar-refractivity contribution in [2.45, 2.75) is 52.4 Å². The number of aromatic hydroxyl groups is 1. The quantitative estimate of drug-likeness (QED) is 0.261. The van der Waals surface area contributed by atoms with E-state index in [4.69, 9.17) is 26.2 Å². The van der Waals surface area contributed by atoms with Gasteiger partial charge in [-0.25, -0.2) is 0 Å². The third-order valence-corrected chi connectivity index (χ3v) is 8.78. The van der Waals surface area contributed by atoms with Crippen molar-refractivity contribution < 1.29 is 29.6 Å². The molecule has 0 aliphatic carbocycles. The van der Waals surface area contributed by atoms with Crippen LogP contribution in [-0.2, 0) is 24.4 Å². The van der Waals surface area contributed by atoms with Gasteiger partial charge in [0.2, 0.25) is 0 Å². The summed E-state index contributed by atoms with van der Waals surface area (Å²) in [5, 5.41) is 30.0. The lowest BCUT2D eigenvalue weighted by molar-refractivity contribution is -0.138. The van der Waals surface area contributed by atoms with Crippen LogP contribution in [0.3, 0.4) is 0 Å². The maximum Gasteiger partial charge on any atom is 0.317 e. The molecule has 42 heavy (non-hydrogen) atoms. The maximum absolute atomic E-state index is 11.1. The second-order valence-electron chi connectivity index (χ2n) is 11.3. The van der Waals surface area contributed by atoms with E-state index in [1.54, 1.807) is 4.90 Å². The third-order valence-electron chi connectivity index (χ3n) is 8.37. The fourth-order valence-electron chi connectivity index (χ4n) is 5.99. The number of ether oxygens (including phenoxy) is 2. The molecular formula is C33H39ClN2O6. The molecule has 3 N–H and O–H groups in total. The Balaban J connectivity index is 1.26. The van der Waals surface area contributed by atoms with Crippen LogP contribution in [0.2, 0.25) is 5.02 Å². The molecule has 0 unspecified atom stereocenters. The Hall–Kier alpha value is -3.30. The molecule has 0 bridgehead atoms. The number of aliphatic carboxylic acids is 1. The lowest BCUT2D eigenvalue weighted by Crippen LogP contribution is -2.35. The normalized spacial score (nSPS) is 17.3. The molecule has 3 aromatic carbocycles. The Kier molecular flexibility index (Phi) is 9.58. The zero-order valence-corrected chi connectivity index (χ0v) is 25.0. The number of carboxylic acids is 1. The van der Waals surface area contributed by atoms with Gasteiger partial charge in [-0.05, 0) is 72.6 Å². The van der Waals surface area contributed by atoms with Gasteiger partial charge in [0.15, 0.2) is 0 Å². The Morgan fingerprint density at radius 2 is 1.76 bits per heavy atom. The Bertz CT molecular complexity index is 1440. The first-order chi connectivity index (χ1) is 20.2. The summed E-state index contributed by atoms with van der Waals surface area (Å²) in [4.78, 5) is 15.2. The van der Waals surface area contributed by atoms with Crippen molar-refractivity contribution in [2.75, 3.05) is 39.3 Å². The Labute approximate surface area is 252 Å². The fourth-order valence-corrected chi connectivity index (χ4v) is 6.30. The highest BCUT2D eigenvalue weighted by atomic mass is 35.5. The van der Waals surface area contributed by atoms with Crippen LogP contribution >= 0.6 is 11.6 Å². The van der Waals surface area contributed by atoms with Gasteiger partial charge in [-0.1, -0.05) is 41.9 Å². The van der Waals surface area contributed by atoms with E-state index in [9.17, 15) is 15.0 Å².